The molecule has 2 aromatic rings. The number of aryl methyl sites for hydroxylation is 1. The molecular weight excluding hydrogens is 352 g/mol. The van der Waals surface area contributed by atoms with Gasteiger partial charge in [0.05, 0.1) is 37.1 Å². The van der Waals surface area contributed by atoms with Gasteiger partial charge in [-0.05, 0) is 37.1 Å². The van der Waals surface area contributed by atoms with E-state index in [1.165, 1.54) is 9.58 Å². The molecule has 1 saturated heterocycles. The van der Waals surface area contributed by atoms with Crippen molar-refractivity contribution in [1.29, 1.82) is 0 Å². The van der Waals surface area contributed by atoms with Crippen molar-refractivity contribution in [3.63, 3.8) is 0 Å². The average Bonchev–Trinajstić information content (AvgIpc) is 3.40. The highest BCUT2D eigenvalue weighted by Crippen LogP contribution is 2.35. The topological polar surface area (TPSA) is 103 Å². The van der Waals surface area contributed by atoms with Gasteiger partial charge in [-0.2, -0.15) is 0 Å². The van der Waals surface area contributed by atoms with E-state index in [1.54, 1.807) is 38.4 Å². The summed E-state index contributed by atoms with van der Waals surface area (Å²) in [5.41, 5.74) is 0.883. The fraction of sp³-hybridized carbons (Fsp3) is 0.444. The van der Waals surface area contributed by atoms with Crippen LogP contribution < -0.4 is 19.4 Å². The van der Waals surface area contributed by atoms with Crippen molar-refractivity contribution in [2.75, 3.05) is 12.0 Å². The minimum atomic E-state index is -0.596. The number of hydrogen-bond acceptors (Lipinski definition) is 7. The van der Waals surface area contributed by atoms with Gasteiger partial charge in [0.25, 0.3) is 5.91 Å². The van der Waals surface area contributed by atoms with Crippen LogP contribution in [-0.4, -0.2) is 41.2 Å². The third kappa shape index (κ3) is 3.14. The first kappa shape index (κ1) is 17.5. The van der Waals surface area contributed by atoms with Gasteiger partial charge < -0.3 is 14.4 Å². The van der Waals surface area contributed by atoms with E-state index in [-0.39, 0.29) is 30.8 Å². The van der Waals surface area contributed by atoms with Crippen molar-refractivity contribution in [1.82, 2.24) is 10.2 Å². The van der Waals surface area contributed by atoms with Gasteiger partial charge in [0.2, 0.25) is 11.6 Å². The molecule has 142 valence electrons. The van der Waals surface area contributed by atoms with Gasteiger partial charge >= 0.3 is 0 Å². The molecule has 4 rings (SSSR count). The van der Waals surface area contributed by atoms with E-state index in [9.17, 15) is 14.7 Å². The molecule has 2 heterocycles. The first-order chi connectivity index (χ1) is 13.0. The van der Waals surface area contributed by atoms with E-state index in [0.717, 1.165) is 12.8 Å². The van der Waals surface area contributed by atoms with Crippen LogP contribution in [0, 0.1) is 0 Å². The minimum Gasteiger partial charge on any atom is -0.539 e. The normalized spacial score (nSPS) is 20.0. The van der Waals surface area contributed by atoms with Crippen LogP contribution in [0.25, 0.3) is 0 Å². The number of imide groups is 1. The molecule has 2 amide bonds. The zero-order chi connectivity index (χ0) is 19.1. The number of carbonyl (C=O) groups is 2. The van der Waals surface area contributed by atoms with Crippen LogP contribution in [0.5, 0.6) is 11.7 Å². The highest BCUT2D eigenvalue weighted by Gasteiger charge is 2.47. The lowest BCUT2D eigenvalue weighted by molar-refractivity contribution is -0.747. The molecule has 0 radical (unpaired) electrons. The summed E-state index contributed by atoms with van der Waals surface area (Å²) >= 11 is 0. The molecule has 1 saturated carbocycles. The number of hydrogen-bond donors (Lipinski definition) is 0. The van der Waals surface area contributed by atoms with Crippen LogP contribution in [0.4, 0.5) is 5.69 Å². The first-order valence-electron chi connectivity index (χ1n) is 8.78. The number of carbonyl (C=O) groups excluding carboxylic acids is 2. The van der Waals surface area contributed by atoms with Crippen LogP contribution in [0.2, 0.25) is 0 Å². The van der Waals surface area contributed by atoms with Gasteiger partial charge in [-0.3, -0.25) is 14.5 Å². The molecule has 1 aromatic carbocycles. The second-order valence-corrected chi connectivity index (χ2v) is 6.82. The number of anilines is 1. The van der Waals surface area contributed by atoms with Crippen LogP contribution in [0.3, 0.4) is 0 Å². The van der Waals surface area contributed by atoms with E-state index in [2.05, 4.69) is 9.79 Å². The number of benzene rings is 1. The monoisotopic (exact) mass is 372 g/mol. The summed E-state index contributed by atoms with van der Waals surface area (Å²) in [6.45, 7) is 0.226. The first-order valence-corrected chi connectivity index (χ1v) is 8.78. The summed E-state index contributed by atoms with van der Waals surface area (Å²) in [6.07, 6.45) is 1.96. The Bertz CT molecular complexity index is 855. The number of nitrogens with zero attached hydrogens (tertiary/aromatic N) is 4. The van der Waals surface area contributed by atoms with Crippen molar-refractivity contribution in [3.8, 4) is 11.7 Å². The van der Waals surface area contributed by atoms with Crippen molar-refractivity contribution < 1.29 is 28.6 Å². The zero-order valence-electron chi connectivity index (χ0n) is 15.1. The largest absolute Gasteiger partial charge is 0.539 e. The molecule has 1 aliphatic carbocycles. The fourth-order valence-electron chi connectivity index (χ4n) is 3.45. The van der Waals surface area contributed by atoms with Crippen LogP contribution >= 0.6 is 0 Å². The van der Waals surface area contributed by atoms with Crippen LogP contribution in [0.1, 0.15) is 25.0 Å². The van der Waals surface area contributed by atoms with E-state index in [1.807, 2.05) is 4.90 Å². The average molecular weight is 372 g/mol. The molecule has 1 unspecified atom stereocenters. The van der Waals surface area contributed by atoms with E-state index >= 15 is 0 Å². The molecule has 2 fully saturated rings. The quantitative estimate of drug-likeness (QED) is 0.514. The molecule has 9 nitrogen and oxygen atoms in total. The third-order valence-corrected chi connectivity index (χ3v) is 5.07. The maximum absolute atomic E-state index is 13.1. The molecule has 1 atom stereocenters. The van der Waals surface area contributed by atoms with Crippen molar-refractivity contribution in [2.24, 2.45) is 7.05 Å². The maximum atomic E-state index is 13.1. The van der Waals surface area contributed by atoms with Gasteiger partial charge in [-0.1, -0.05) is 4.68 Å². The SMILES string of the molecule is COc1ccc(N2C(=O)CC(N(Cc3c([O-])on[n+]3C)C3CC3)C2=O)cc1. The second kappa shape index (κ2) is 6.66. The number of aromatic nitrogens is 2. The predicted molar refractivity (Wildman–Crippen MR) is 89.6 cm³/mol. The highest BCUT2D eigenvalue weighted by atomic mass is 16.6. The molecule has 1 aromatic heterocycles. The van der Waals surface area contributed by atoms with Gasteiger partial charge in [0.1, 0.15) is 5.75 Å². The Morgan fingerprint density at radius 1 is 1.33 bits per heavy atom. The molecule has 27 heavy (non-hydrogen) atoms. The molecule has 0 spiro atoms. The predicted octanol–water partition coefficient (Wildman–Crippen LogP) is -0.122. The minimum absolute atomic E-state index is 0.0878. The number of rotatable bonds is 6. The molecule has 1 aliphatic heterocycles. The molecule has 2 aliphatic rings. The molecule has 0 N–H and O–H groups in total. The lowest BCUT2D eigenvalue weighted by Crippen LogP contribution is -2.46. The summed E-state index contributed by atoms with van der Waals surface area (Å²) in [4.78, 5) is 28.8. The number of amides is 2. The van der Waals surface area contributed by atoms with E-state index < -0.39 is 12.0 Å². The van der Waals surface area contributed by atoms with Crippen molar-refractivity contribution in [2.45, 2.75) is 37.9 Å². The molecular formula is C18H20N4O5. The zero-order valence-corrected chi connectivity index (χ0v) is 15.1. The van der Waals surface area contributed by atoms with Gasteiger partial charge in [0.15, 0.2) is 13.0 Å². The lowest BCUT2D eigenvalue weighted by atomic mass is 10.2. The second-order valence-electron chi connectivity index (χ2n) is 6.82. The standard InChI is InChI=1S/C18H20N4O5/c1-20-15(18(25)27-19-20)10-21(11-3-4-11)14-9-16(23)22(17(14)24)12-5-7-13(26-2)8-6-12/h5-8,11,14H,3-4,9-10H2,1-2H3. The summed E-state index contributed by atoms with van der Waals surface area (Å²) in [7, 11) is 3.18. The van der Waals surface area contributed by atoms with Gasteiger partial charge in [0, 0.05) is 6.04 Å². The third-order valence-electron chi connectivity index (χ3n) is 5.07. The highest BCUT2D eigenvalue weighted by molar-refractivity contribution is 6.22. The van der Waals surface area contributed by atoms with Crippen LogP contribution in [-0.2, 0) is 23.2 Å². The van der Waals surface area contributed by atoms with Crippen molar-refractivity contribution >= 4 is 17.5 Å². The summed E-state index contributed by atoms with van der Waals surface area (Å²) in [5.74, 6) is -0.398. The summed E-state index contributed by atoms with van der Waals surface area (Å²) < 4.78 is 11.2. The Labute approximate surface area is 155 Å². The van der Waals surface area contributed by atoms with Crippen LogP contribution in [0.15, 0.2) is 28.8 Å². The smallest absolute Gasteiger partial charge is 0.251 e. The Kier molecular flexibility index (Phi) is 4.31. The Hall–Kier alpha value is -2.94. The van der Waals surface area contributed by atoms with Crippen molar-refractivity contribution in [3.05, 3.63) is 30.0 Å². The van der Waals surface area contributed by atoms with Gasteiger partial charge in [-0.15, -0.1) is 0 Å². The lowest BCUT2D eigenvalue weighted by Gasteiger charge is -2.25. The number of ether oxygens (including phenoxy) is 1. The Morgan fingerprint density at radius 2 is 2.04 bits per heavy atom. The Morgan fingerprint density at radius 3 is 2.59 bits per heavy atom. The molecule has 0 bridgehead atoms. The fourth-order valence-corrected chi connectivity index (χ4v) is 3.45. The van der Waals surface area contributed by atoms with E-state index in [4.69, 9.17) is 4.74 Å². The van der Waals surface area contributed by atoms with E-state index in [0.29, 0.717) is 17.1 Å². The summed E-state index contributed by atoms with van der Waals surface area (Å²) in [6, 6.07) is 6.38. The maximum Gasteiger partial charge on any atom is 0.251 e. The van der Waals surface area contributed by atoms with Gasteiger partial charge in [-0.25, -0.2) is 4.90 Å². The Balaban J connectivity index is 1.58. The molecule has 9 heteroatoms. The number of methoxy groups -OCH3 is 1. The summed E-state index contributed by atoms with van der Waals surface area (Å²) in [5, 5.41) is 15.5.